The van der Waals surface area contributed by atoms with Crippen molar-refractivity contribution in [2.24, 2.45) is 5.92 Å². The Hall–Kier alpha value is -1.69. The second-order valence-electron chi connectivity index (χ2n) is 5.62. The highest BCUT2D eigenvalue weighted by Crippen LogP contribution is 2.20. The summed E-state index contributed by atoms with van der Waals surface area (Å²) in [6.07, 6.45) is 6.73. The summed E-state index contributed by atoms with van der Waals surface area (Å²) >= 11 is 0. The van der Waals surface area contributed by atoms with E-state index in [1.807, 2.05) is 9.80 Å². The van der Waals surface area contributed by atoms with Gasteiger partial charge in [-0.05, 0) is 25.3 Å². The first-order chi connectivity index (χ1) is 9.74. The van der Waals surface area contributed by atoms with Crippen LogP contribution in [-0.2, 0) is 4.79 Å². The van der Waals surface area contributed by atoms with Crippen LogP contribution in [0.25, 0.3) is 0 Å². The molecule has 1 aromatic heterocycles. The number of hydrogen-bond acceptors (Lipinski definition) is 4. The summed E-state index contributed by atoms with van der Waals surface area (Å²) in [5.74, 6) is 0.310. The largest absolute Gasteiger partial charge is 0.342 e. The van der Waals surface area contributed by atoms with Crippen molar-refractivity contribution in [1.29, 1.82) is 0 Å². The highest BCUT2D eigenvalue weighted by atomic mass is 16.2. The molecule has 3 heterocycles. The molecular weight excluding hydrogens is 256 g/mol. The zero-order chi connectivity index (χ0) is 13.9. The van der Waals surface area contributed by atoms with E-state index in [0.29, 0.717) is 19.6 Å². The molecule has 0 bridgehead atoms. The van der Waals surface area contributed by atoms with Crippen LogP contribution in [0.1, 0.15) is 24.1 Å². The number of hydrogen-bond donors (Lipinski definition) is 0. The van der Waals surface area contributed by atoms with Crippen LogP contribution in [0.5, 0.6) is 0 Å². The maximum absolute atomic E-state index is 12.2. The molecule has 2 aliphatic rings. The number of piperidine rings is 1. The van der Waals surface area contributed by atoms with Crippen molar-refractivity contribution in [3.8, 4) is 0 Å². The van der Waals surface area contributed by atoms with Gasteiger partial charge in [0.2, 0.25) is 5.91 Å². The quantitative estimate of drug-likeness (QED) is 0.805. The Kier molecular flexibility index (Phi) is 3.82. The minimum atomic E-state index is -0.0427. The predicted molar refractivity (Wildman–Crippen MR) is 73.2 cm³/mol. The van der Waals surface area contributed by atoms with E-state index < -0.39 is 0 Å². The molecule has 0 saturated carbocycles. The first kappa shape index (κ1) is 13.3. The SMILES string of the molecule is O=C(C1CN(CC(=O)n2cccn2)C1)N1CCCCC1. The molecule has 0 aliphatic carbocycles. The zero-order valence-electron chi connectivity index (χ0n) is 11.6. The van der Waals surface area contributed by atoms with Crippen molar-refractivity contribution >= 4 is 11.8 Å². The maximum Gasteiger partial charge on any atom is 0.260 e. The molecule has 3 rings (SSSR count). The highest BCUT2D eigenvalue weighted by molar-refractivity contribution is 5.82. The lowest BCUT2D eigenvalue weighted by Gasteiger charge is -2.40. The Bertz CT molecular complexity index is 473. The summed E-state index contributed by atoms with van der Waals surface area (Å²) in [6, 6.07) is 1.73. The van der Waals surface area contributed by atoms with Crippen molar-refractivity contribution in [1.82, 2.24) is 19.6 Å². The van der Waals surface area contributed by atoms with Crippen LogP contribution < -0.4 is 0 Å². The molecule has 2 fully saturated rings. The second-order valence-corrected chi connectivity index (χ2v) is 5.62. The van der Waals surface area contributed by atoms with E-state index in [2.05, 4.69) is 5.10 Å². The molecule has 2 aliphatic heterocycles. The van der Waals surface area contributed by atoms with Crippen LogP contribution in [0.2, 0.25) is 0 Å². The minimum Gasteiger partial charge on any atom is -0.342 e. The standard InChI is InChI=1S/C14H20N4O2/c19-13(18-8-4-5-15-18)11-16-9-12(10-16)14(20)17-6-2-1-3-7-17/h4-5,8,12H,1-3,6-7,9-11H2. The maximum atomic E-state index is 12.2. The summed E-state index contributed by atoms with van der Waals surface area (Å²) in [7, 11) is 0. The van der Waals surface area contributed by atoms with Crippen molar-refractivity contribution < 1.29 is 9.59 Å². The lowest BCUT2D eigenvalue weighted by Crippen LogP contribution is -2.56. The van der Waals surface area contributed by atoms with Crippen LogP contribution in [0, 0.1) is 5.92 Å². The third-order valence-electron chi connectivity index (χ3n) is 4.09. The smallest absolute Gasteiger partial charge is 0.260 e. The van der Waals surface area contributed by atoms with Gasteiger partial charge in [-0.2, -0.15) is 5.10 Å². The molecule has 0 radical (unpaired) electrons. The topological polar surface area (TPSA) is 58.4 Å². The average molecular weight is 276 g/mol. The fourth-order valence-corrected chi connectivity index (χ4v) is 2.91. The number of rotatable bonds is 3. The van der Waals surface area contributed by atoms with E-state index in [9.17, 15) is 9.59 Å². The number of carbonyl (C=O) groups is 2. The van der Waals surface area contributed by atoms with Gasteiger partial charge < -0.3 is 4.90 Å². The summed E-state index contributed by atoms with van der Waals surface area (Å²) in [5.41, 5.74) is 0. The number of aromatic nitrogens is 2. The van der Waals surface area contributed by atoms with E-state index in [0.717, 1.165) is 25.9 Å². The second kappa shape index (κ2) is 5.75. The summed E-state index contributed by atoms with van der Waals surface area (Å²) in [4.78, 5) is 28.1. The van der Waals surface area contributed by atoms with Gasteiger partial charge in [0.25, 0.3) is 5.91 Å². The average Bonchev–Trinajstić information content (AvgIpc) is 2.96. The fourth-order valence-electron chi connectivity index (χ4n) is 2.91. The van der Waals surface area contributed by atoms with Gasteiger partial charge in [0.15, 0.2) is 0 Å². The van der Waals surface area contributed by atoms with Crippen LogP contribution in [0.3, 0.4) is 0 Å². The van der Waals surface area contributed by atoms with Gasteiger partial charge >= 0.3 is 0 Å². The van der Waals surface area contributed by atoms with Crippen LogP contribution >= 0.6 is 0 Å². The van der Waals surface area contributed by atoms with Crippen LogP contribution in [0.4, 0.5) is 0 Å². The van der Waals surface area contributed by atoms with E-state index in [4.69, 9.17) is 0 Å². The Morgan fingerprint density at radius 3 is 2.55 bits per heavy atom. The molecule has 2 saturated heterocycles. The Balaban J connectivity index is 1.44. The Labute approximate surface area is 118 Å². The van der Waals surface area contributed by atoms with Crippen molar-refractivity contribution in [2.75, 3.05) is 32.7 Å². The summed E-state index contributed by atoms with van der Waals surface area (Å²) in [5, 5.41) is 3.92. The van der Waals surface area contributed by atoms with E-state index in [1.54, 1.807) is 18.5 Å². The Morgan fingerprint density at radius 2 is 1.90 bits per heavy atom. The first-order valence-corrected chi connectivity index (χ1v) is 7.28. The number of nitrogens with zero attached hydrogens (tertiary/aromatic N) is 4. The third-order valence-corrected chi connectivity index (χ3v) is 4.09. The van der Waals surface area contributed by atoms with Gasteiger partial charge in [-0.15, -0.1) is 0 Å². The fraction of sp³-hybridized carbons (Fsp3) is 0.643. The van der Waals surface area contributed by atoms with Gasteiger partial charge in [0.05, 0.1) is 12.5 Å². The monoisotopic (exact) mass is 276 g/mol. The number of likely N-dealkylation sites (tertiary alicyclic amines) is 2. The number of amides is 1. The van der Waals surface area contributed by atoms with Crippen molar-refractivity contribution in [3.05, 3.63) is 18.5 Å². The third kappa shape index (κ3) is 2.75. The predicted octanol–water partition coefficient (Wildman–Crippen LogP) is 0.468. The van der Waals surface area contributed by atoms with Gasteiger partial charge in [-0.3, -0.25) is 14.5 Å². The van der Waals surface area contributed by atoms with E-state index in [1.165, 1.54) is 11.1 Å². The van der Waals surface area contributed by atoms with Crippen molar-refractivity contribution in [3.63, 3.8) is 0 Å². The first-order valence-electron chi connectivity index (χ1n) is 7.28. The van der Waals surface area contributed by atoms with Crippen LogP contribution in [0.15, 0.2) is 18.5 Å². The highest BCUT2D eigenvalue weighted by Gasteiger charge is 2.36. The van der Waals surface area contributed by atoms with E-state index in [-0.39, 0.29) is 17.7 Å². The molecule has 0 N–H and O–H groups in total. The van der Waals surface area contributed by atoms with Crippen molar-refractivity contribution in [2.45, 2.75) is 19.3 Å². The van der Waals surface area contributed by atoms with Gasteiger partial charge in [-0.25, -0.2) is 4.68 Å². The zero-order valence-corrected chi connectivity index (χ0v) is 11.6. The lowest BCUT2D eigenvalue weighted by molar-refractivity contribution is -0.141. The molecular formula is C14H20N4O2. The number of carbonyl (C=O) groups excluding carboxylic acids is 2. The Morgan fingerprint density at radius 1 is 1.15 bits per heavy atom. The van der Waals surface area contributed by atoms with E-state index >= 15 is 0 Å². The lowest BCUT2D eigenvalue weighted by atomic mass is 9.97. The molecule has 0 unspecified atom stereocenters. The summed E-state index contributed by atoms with van der Waals surface area (Å²) in [6.45, 7) is 3.54. The molecule has 6 heteroatoms. The summed E-state index contributed by atoms with van der Waals surface area (Å²) < 4.78 is 1.35. The molecule has 1 amide bonds. The molecule has 0 aromatic carbocycles. The normalized spacial score (nSPS) is 20.7. The molecule has 1 aromatic rings. The molecule has 6 nitrogen and oxygen atoms in total. The van der Waals surface area contributed by atoms with Gasteiger partial charge in [-0.1, -0.05) is 0 Å². The molecule has 108 valence electrons. The molecule has 20 heavy (non-hydrogen) atoms. The molecule has 0 atom stereocenters. The van der Waals surface area contributed by atoms with Crippen LogP contribution in [-0.4, -0.2) is 64.1 Å². The minimum absolute atomic E-state index is 0.0427. The molecule has 0 spiro atoms. The van der Waals surface area contributed by atoms with Gasteiger partial charge in [0.1, 0.15) is 0 Å². The van der Waals surface area contributed by atoms with Gasteiger partial charge in [0, 0.05) is 38.6 Å².